The number of rotatable bonds is 7. The van der Waals surface area contributed by atoms with Gasteiger partial charge >= 0.3 is 0 Å². The van der Waals surface area contributed by atoms with Crippen LogP contribution in [0.5, 0.6) is 0 Å². The Kier molecular flexibility index (Phi) is 10.3. The molecule has 254 valence electrons. The van der Waals surface area contributed by atoms with Crippen LogP contribution < -0.4 is 0 Å². The molecule has 3 nitrogen and oxygen atoms in total. The Morgan fingerprint density at radius 1 is 0.750 bits per heavy atom. The molecule has 0 spiro atoms. The van der Waals surface area contributed by atoms with Crippen molar-refractivity contribution in [2.75, 3.05) is 0 Å². The predicted octanol–water partition coefficient (Wildman–Crippen LogP) is 11.0. The molecule has 0 heterocycles. The monoisotopic (exact) mass is 645 g/mol. The van der Waals surface area contributed by atoms with Gasteiger partial charge in [-0.25, -0.2) is 0 Å². The largest absolute Gasteiger partial charge is 0.414 e. The second-order valence-corrected chi connectivity index (χ2v) is 29.2. The summed E-state index contributed by atoms with van der Waals surface area (Å²) in [6.07, 6.45) is 13.5. The maximum absolute atomic E-state index is 11.8. The van der Waals surface area contributed by atoms with Gasteiger partial charge in [-0.05, 0) is 135 Å². The van der Waals surface area contributed by atoms with E-state index in [0.717, 1.165) is 38.0 Å². The van der Waals surface area contributed by atoms with E-state index in [1.165, 1.54) is 38.5 Å². The number of unbranched alkanes of at least 4 members (excludes halogenated alkanes) is 2. The van der Waals surface area contributed by atoms with Crippen molar-refractivity contribution in [2.24, 2.45) is 40.4 Å². The molecule has 0 saturated heterocycles. The van der Waals surface area contributed by atoms with Crippen molar-refractivity contribution in [2.45, 2.75) is 194 Å². The van der Waals surface area contributed by atoms with Crippen molar-refractivity contribution in [1.82, 2.24) is 0 Å². The molecule has 10 atom stereocenters. The first-order valence-corrected chi connectivity index (χ1v) is 24.4. The maximum Gasteiger partial charge on any atom is 0.192 e. The fourth-order valence-corrected chi connectivity index (χ4v) is 12.9. The first-order chi connectivity index (χ1) is 20.0. The predicted molar refractivity (Wildman–Crippen MR) is 193 cm³/mol. The number of fused-ring (bicyclic) bond motifs is 5. The number of hydrogen-bond acceptors (Lipinski definition) is 3. The topological polar surface area (TPSA) is 38.7 Å². The first-order valence-electron chi connectivity index (χ1n) is 18.6. The van der Waals surface area contributed by atoms with Crippen LogP contribution in [-0.2, 0) is 8.85 Å². The highest BCUT2D eigenvalue weighted by molar-refractivity contribution is 6.74. The summed E-state index contributed by atoms with van der Waals surface area (Å²) in [4.78, 5) is 0. The summed E-state index contributed by atoms with van der Waals surface area (Å²) in [6, 6.07) is 0. The Bertz CT molecular complexity index is 1070. The van der Waals surface area contributed by atoms with Gasteiger partial charge < -0.3 is 14.0 Å². The second-order valence-electron chi connectivity index (χ2n) is 19.6. The van der Waals surface area contributed by atoms with Crippen LogP contribution in [0.2, 0.25) is 36.3 Å². The Morgan fingerprint density at radius 2 is 1.32 bits per heavy atom. The van der Waals surface area contributed by atoms with E-state index in [0.29, 0.717) is 35.4 Å². The van der Waals surface area contributed by atoms with Crippen molar-refractivity contribution >= 4 is 16.6 Å². The fraction of sp³-hybridized carbons (Fsp3) is 0.949. The highest BCUT2D eigenvalue weighted by Crippen LogP contribution is 2.69. The zero-order chi connectivity index (χ0) is 33.1. The molecule has 0 aliphatic heterocycles. The highest BCUT2D eigenvalue weighted by Gasteiger charge is 2.65. The molecular formula is C39H72O3Si2. The molecule has 0 bridgehead atoms. The molecule has 0 radical (unpaired) electrons. The molecule has 4 aliphatic rings. The lowest BCUT2D eigenvalue weighted by atomic mass is 9.43. The van der Waals surface area contributed by atoms with Crippen LogP contribution in [0.1, 0.15) is 140 Å². The van der Waals surface area contributed by atoms with Crippen LogP contribution >= 0.6 is 0 Å². The Balaban J connectivity index is 1.65. The van der Waals surface area contributed by atoms with Gasteiger partial charge in [0.15, 0.2) is 16.6 Å². The molecule has 5 heteroatoms. The quantitative estimate of drug-likeness (QED) is 0.170. The van der Waals surface area contributed by atoms with Gasteiger partial charge in [-0.3, -0.25) is 0 Å². The first kappa shape index (κ1) is 36.7. The molecule has 1 N–H and O–H groups in total. The lowest BCUT2D eigenvalue weighted by Crippen LogP contribution is -2.61. The Morgan fingerprint density at radius 3 is 1.91 bits per heavy atom. The van der Waals surface area contributed by atoms with Crippen LogP contribution in [0.15, 0.2) is 0 Å². The average Bonchev–Trinajstić information content (AvgIpc) is 3.24. The van der Waals surface area contributed by atoms with E-state index in [2.05, 4.69) is 100 Å². The SMILES string of the molecule is CCCCC#CC(C)(O)[C@H]1CC[C@H]2[C@@H]3C[C@H](O[Si](C)(C)C(C)(C)C)[C@H]4C[C@@H](O[Si](C)(C)C(C)(C)C)CC[C@]4(C)[C@H]3CC[C@]12C. The minimum absolute atomic E-state index is 0.150. The summed E-state index contributed by atoms with van der Waals surface area (Å²) in [7, 11) is -3.81. The third kappa shape index (κ3) is 6.74. The van der Waals surface area contributed by atoms with Crippen LogP contribution in [0.3, 0.4) is 0 Å². The summed E-state index contributed by atoms with van der Waals surface area (Å²) in [5.41, 5.74) is -0.454. The highest BCUT2D eigenvalue weighted by atomic mass is 28.4. The Hall–Kier alpha value is -0.126. The molecule has 4 fully saturated rings. The standard InChI is InChI=1S/C39H72O3Si2/c1-15-16-17-18-23-39(10,40)34-20-19-30-29-27-33(42-44(13,14)36(5,6)7)32-26-28(41-43(11,12)35(2,3)4)21-24-37(32,8)31(29)22-25-38(30,34)9/h28-34,40H,15-17,19-22,24-27H2,1-14H3/t28-,29-,30-,31-,32+,33-,34-,37+,38-,39?/m0/s1. The van der Waals surface area contributed by atoms with Gasteiger partial charge in [-0.15, -0.1) is 5.92 Å². The molecule has 0 aromatic heterocycles. The fourth-order valence-electron chi connectivity index (χ4n) is 10.1. The smallest absolute Gasteiger partial charge is 0.192 e. The van der Waals surface area contributed by atoms with E-state index in [9.17, 15) is 5.11 Å². The molecule has 0 amide bonds. The summed E-state index contributed by atoms with van der Waals surface area (Å²) >= 11 is 0. The maximum atomic E-state index is 11.8. The molecule has 4 aliphatic carbocycles. The minimum Gasteiger partial charge on any atom is -0.414 e. The van der Waals surface area contributed by atoms with Gasteiger partial charge in [-0.2, -0.15) is 0 Å². The van der Waals surface area contributed by atoms with E-state index in [1.807, 2.05) is 6.92 Å². The van der Waals surface area contributed by atoms with E-state index in [1.54, 1.807) is 0 Å². The van der Waals surface area contributed by atoms with Gasteiger partial charge in [0.1, 0.15) is 5.60 Å². The number of hydrogen-bond donors (Lipinski definition) is 1. The molecule has 0 aromatic rings. The zero-order valence-electron chi connectivity index (χ0n) is 31.6. The van der Waals surface area contributed by atoms with Crippen LogP contribution in [0.25, 0.3) is 0 Å². The van der Waals surface area contributed by atoms with Gasteiger partial charge in [-0.1, -0.05) is 74.7 Å². The second kappa shape index (κ2) is 12.4. The van der Waals surface area contributed by atoms with Crippen molar-refractivity contribution in [3.63, 3.8) is 0 Å². The zero-order valence-corrected chi connectivity index (χ0v) is 33.6. The van der Waals surface area contributed by atoms with Gasteiger partial charge in [0, 0.05) is 24.5 Å². The van der Waals surface area contributed by atoms with Crippen LogP contribution in [-0.4, -0.2) is 39.6 Å². The molecule has 4 saturated carbocycles. The lowest BCUT2D eigenvalue weighted by Gasteiger charge is -2.64. The van der Waals surface area contributed by atoms with Crippen LogP contribution in [0.4, 0.5) is 0 Å². The van der Waals surface area contributed by atoms with Crippen molar-refractivity contribution < 1.29 is 14.0 Å². The summed E-state index contributed by atoms with van der Waals surface area (Å²) in [5.74, 6) is 9.65. The molecule has 44 heavy (non-hydrogen) atoms. The molecule has 1 unspecified atom stereocenters. The third-order valence-corrected chi connectivity index (χ3v) is 23.8. The van der Waals surface area contributed by atoms with E-state index >= 15 is 0 Å². The van der Waals surface area contributed by atoms with Gasteiger partial charge in [0.05, 0.1) is 0 Å². The van der Waals surface area contributed by atoms with Gasteiger partial charge in [0.25, 0.3) is 0 Å². The van der Waals surface area contributed by atoms with Crippen molar-refractivity contribution in [1.29, 1.82) is 0 Å². The minimum atomic E-state index is -1.96. The lowest BCUT2D eigenvalue weighted by molar-refractivity contribution is -0.171. The van der Waals surface area contributed by atoms with Crippen LogP contribution in [0, 0.1) is 52.3 Å². The van der Waals surface area contributed by atoms with E-state index in [4.69, 9.17) is 8.85 Å². The molecular weight excluding hydrogens is 573 g/mol. The van der Waals surface area contributed by atoms with E-state index in [-0.39, 0.29) is 21.4 Å². The van der Waals surface area contributed by atoms with E-state index < -0.39 is 22.2 Å². The molecule has 0 aromatic carbocycles. The van der Waals surface area contributed by atoms with Gasteiger partial charge in [0.2, 0.25) is 0 Å². The third-order valence-electron chi connectivity index (χ3n) is 14.8. The summed E-state index contributed by atoms with van der Waals surface area (Å²) < 4.78 is 14.7. The van der Waals surface area contributed by atoms with Crippen molar-refractivity contribution in [3.05, 3.63) is 0 Å². The van der Waals surface area contributed by atoms with Crippen molar-refractivity contribution in [3.8, 4) is 11.8 Å². The molecule has 4 rings (SSSR count). The Labute approximate surface area is 276 Å². The normalized spacial score (nSPS) is 39.4. The average molecular weight is 645 g/mol. The summed E-state index contributed by atoms with van der Waals surface area (Å²) in [5, 5.41) is 12.3. The summed E-state index contributed by atoms with van der Waals surface area (Å²) in [6.45, 7) is 33.6. The number of aliphatic hydroxyl groups is 1.